The Kier molecular flexibility index (Phi) is 7.78. The van der Waals surface area contributed by atoms with Crippen LogP contribution in [0.2, 0.25) is 0 Å². The third-order valence-electron chi connectivity index (χ3n) is 6.24. The molecule has 6 heteroatoms. The molecule has 0 aliphatic carbocycles. The zero-order valence-electron chi connectivity index (χ0n) is 21.4. The molecule has 0 spiro atoms. The average Bonchev–Trinajstić information content (AvgIpc) is 3.59. The Morgan fingerprint density at radius 3 is 2.73 bits per heavy atom. The lowest BCUT2D eigenvalue weighted by atomic mass is 10.1. The van der Waals surface area contributed by atoms with Crippen molar-refractivity contribution in [3.8, 4) is 5.75 Å². The summed E-state index contributed by atoms with van der Waals surface area (Å²) in [5.74, 6) is 2.42. The summed E-state index contributed by atoms with van der Waals surface area (Å²) < 4.78 is 19.8. The van der Waals surface area contributed by atoms with Crippen LogP contribution < -0.4 is 14.2 Å². The number of benzene rings is 2. The van der Waals surface area contributed by atoms with Gasteiger partial charge in [0.2, 0.25) is 11.4 Å². The Bertz CT molecular complexity index is 1470. The third kappa shape index (κ3) is 5.36. The lowest BCUT2D eigenvalue weighted by Gasteiger charge is -2.15. The van der Waals surface area contributed by atoms with Crippen molar-refractivity contribution < 1.29 is 17.9 Å². The standard InChI is InChI=1S/C31H31N2O3S/c1-4-32-20-19-23(26-10-7-8-11-27(26)32)13-14-24(29-12-9-21-34-29)15-18-31-33(5-2)28-22-25(37-35-6-3)16-17-30(28)36-31/h7-22H,4-6H2,1-3H3/q+1. The second-order valence-electron chi connectivity index (χ2n) is 8.48. The smallest absolute Gasteiger partial charge is 0.213 e. The zero-order chi connectivity index (χ0) is 25.6. The predicted octanol–water partition coefficient (Wildman–Crippen LogP) is 7.64. The second kappa shape index (κ2) is 11.5. The van der Waals surface area contributed by atoms with Crippen LogP contribution in [0, 0.1) is 0 Å². The Labute approximate surface area is 222 Å². The summed E-state index contributed by atoms with van der Waals surface area (Å²) in [6.45, 7) is 8.64. The van der Waals surface area contributed by atoms with Gasteiger partial charge in [-0.1, -0.05) is 24.3 Å². The number of hydrogen-bond acceptors (Lipinski definition) is 5. The van der Waals surface area contributed by atoms with Gasteiger partial charge in [-0.25, -0.2) is 0 Å². The molecule has 5 nitrogen and oxygen atoms in total. The van der Waals surface area contributed by atoms with Crippen LogP contribution in [0.4, 0.5) is 5.69 Å². The van der Waals surface area contributed by atoms with Crippen molar-refractivity contribution in [3.05, 3.63) is 109 Å². The fraction of sp³-hybridized carbons (Fsp3) is 0.194. The van der Waals surface area contributed by atoms with E-state index < -0.39 is 0 Å². The quantitative estimate of drug-likeness (QED) is 0.131. The van der Waals surface area contributed by atoms with E-state index in [-0.39, 0.29) is 0 Å². The first-order chi connectivity index (χ1) is 18.2. The summed E-state index contributed by atoms with van der Waals surface area (Å²) in [5, 5.41) is 1.22. The van der Waals surface area contributed by atoms with E-state index in [0.29, 0.717) is 6.61 Å². The molecular weight excluding hydrogens is 480 g/mol. The van der Waals surface area contributed by atoms with Crippen LogP contribution in [0.15, 0.2) is 107 Å². The number of para-hydroxylation sites is 1. The highest BCUT2D eigenvalue weighted by Gasteiger charge is 2.25. The molecule has 2 aromatic heterocycles. The molecule has 0 saturated heterocycles. The van der Waals surface area contributed by atoms with E-state index in [1.54, 1.807) is 6.26 Å². The van der Waals surface area contributed by atoms with E-state index in [2.05, 4.69) is 78.1 Å². The van der Waals surface area contributed by atoms with Gasteiger partial charge in [-0.15, -0.1) is 0 Å². The number of allylic oxidation sites excluding steroid dienone is 4. The number of nitrogens with zero attached hydrogens (tertiary/aromatic N) is 2. The first-order valence-corrected chi connectivity index (χ1v) is 13.4. The van der Waals surface area contributed by atoms with Crippen molar-refractivity contribution in [2.24, 2.45) is 0 Å². The maximum absolute atomic E-state index is 6.22. The summed E-state index contributed by atoms with van der Waals surface area (Å²) in [6, 6.07) is 20.7. The molecule has 0 amide bonds. The van der Waals surface area contributed by atoms with Gasteiger partial charge >= 0.3 is 0 Å². The van der Waals surface area contributed by atoms with Crippen LogP contribution in [0.3, 0.4) is 0 Å². The highest BCUT2D eigenvalue weighted by atomic mass is 32.2. The van der Waals surface area contributed by atoms with Gasteiger partial charge < -0.3 is 18.2 Å². The highest BCUT2D eigenvalue weighted by Crippen LogP contribution is 2.41. The van der Waals surface area contributed by atoms with E-state index in [1.807, 2.05) is 43.3 Å². The van der Waals surface area contributed by atoms with Gasteiger partial charge in [0.1, 0.15) is 12.3 Å². The molecule has 0 fully saturated rings. The summed E-state index contributed by atoms with van der Waals surface area (Å²) >= 11 is 1.39. The van der Waals surface area contributed by atoms with Crippen molar-refractivity contribution in [1.82, 2.24) is 0 Å². The number of rotatable bonds is 9. The van der Waals surface area contributed by atoms with Crippen LogP contribution in [-0.4, -0.2) is 13.2 Å². The van der Waals surface area contributed by atoms with E-state index in [4.69, 9.17) is 13.3 Å². The largest absolute Gasteiger partial charge is 0.464 e. The number of pyridine rings is 1. The number of furan rings is 1. The number of aromatic nitrogens is 1. The number of ether oxygens (including phenoxy) is 1. The second-order valence-corrected chi connectivity index (χ2v) is 9.35. The Morgan fingerprint density at radius 1 is 1.05 bits per heavy atom. The third-order valence-corrected chi connectivity index (χ3v) is 7.04. The zero-order valence-corrected chi connectivity index (χ0v) is 22.2. The molecule has 0 N–H and O–H groups in total. The minimum atomic E-state index is 0.659. The maximum Gasteiger partial charge on any atom is 0.213 e. The Hall–Kier alpha value is -3.74. The van der Waals surface area contributed by atoms with Crippen LogP contribution in [0.1, 0.15) is 32.1 Å². The SMILES string of the molecule is CCOSc1ccc2c(c1)N(CC)/C(=C/C=C(/C=C/c1cc[n+](CC)c3ccccc13)c1ccco1)O2. The fourth-order valence-corrected chi connectivity index (χ4v) is 4.98. The summed E-state index contributed by atoms with van der Waals surface area (Å²) in [5.41, 5.74) is 4.37. The minimum Gasteiger partial charge on any atom is -0.464 e. The Morgan fingerprint density at radius 2 is 1.95 bits per heavy atom. The lowest BCUT2D eigenvalue weighted by Crippen LogP contribution is -2.32. The van der Waals surface area contributed by atoms with Crippen LogP contribution >= 0.6 is 12.0 Å². The predicted molar refractivity (Wildman–Crippen MR) is 151 cm³/mol. The van der Waals surface area contributed by atoms with Gasteiger partial charge in [-0.2, -0.15) is 4.57 Å². The van der Waals surface area contributed by atoms with Crippen molar-refractivity contribution in [3.63, 3.8) is 0 Å². The molecule has 1 aliphatic heterocycles. The van der Waals surface area contributed by atoms with Gasteiger partial charge in [-0.3, -0.25) is 0 Å². The maximum atomic E-state index is 6.22. The monoisotopic (exact) mass is 511 g/mol. The number of anilines is 1. The number of hydrogen-bond donors (Lipinski definition) is 0. The summed E-state index contributed by atoms with van der Waals surface area (Å²) in [4.78, 5) is 3.22. The van der Waals surface area contributed by atoms with E-state index >= 15 is 0 Å². The number of fused-ring (bicyclic) bond motifs is 2. The Balaban J connectivity index is 1.48. The topological polar surface area (TPSA) is 38.7 Å². The van der Waals surface area contributed by atoms with E-state index in [9.17, 15) is 0 Å². The van der Waals surface area contributed by atoms with Crippen LogP contribution in [0.25, 0.3) is 22.6 Å². The molecule has 0 bridgehead atoms. The minimum absolute atomic E-state index is 0.659. The summed E-state index contributed by atoms with van der Waals surface area (Å²) in [6.07, 6.45) is 12.1. The van der Waals surface area contributed by atoms with E-state index in [0.717, 1.165) is 52.2 Å². The number of aryl methyl sites for hydroxylation is 1. The molecular formula is C31H31N2O3S+. The molecule has 0 saturated carbocycles. The van der Waals surface area contributed by atoms with Crippen molar-refractivity contribution in [1.29, 1.82) is 0 Å². The molecule has 0 radical (unpaired) electrons. The molecule has 37 heavy (non-hydrogen) atoms. The van der Waals surface area contributed by atoms with Gasteiger partial charge in [0.15, 0.2) is 11.9 Å². The first kappa shape index (κ1) is 24.9. The van der Waals surface area contributed by atoms with Crippen molar-refractivity contribution >= 4 is 40.3 Å². The van der Waals surface area contributed by atoms with Gasteiger partial charge in [0, 0.05) is 41.2 Å². The molecule has 2 aromatic carbocycles. The highest BCUT2D eigenvalue weighted by molar-refractivity contribution is 7.94. The summed E-state index contributed by atoms with van der Waals surface area (Å²) in [7, 11) is 0. The van der Waals surface area contributed by atoms with Crippen molar-refractivity contribution in [2.45, 2.75) is 32.2 Å². The molecule has 1 aliphatic rings. The van der Waals surface area contributed by atoms with Crippen LogP contribution in [0.5, 0.6) is 5.75 Å². The average molecular weight is 512 g/mol. The van der Waals surface area contributed by atoms with Gasteiger partial charge in [0.05, 0.1) is 23.9 Å². The molecule has 0 atom stereocenters. The first-order valence-electron chi connectivity index (χ1n) is 12.7. The molecule has 188 valence electrons. The molecule has 0 unspecified atom stereocenters. The lowest BCUT2D eigenvalue weighted by molar-refractivity contribution is -0.667. The normalized spacial score (nSPS) is 14.6. The fourth-order valence-electron chi connectivity index (χ4n) is 4.44. The van der Waals surface area contributed by atoms with Gasteiger partial charge in [0.25, 0.3) is 0 Å². The van der Waals surface area contributed by atoms with E-state index in [1.165, 1.54) is 22.9 Å². The molecule has 5 rings (SSSR count). The van der Waals surface area contributed by atoms with Crippen LogP contribution in [-0.2, 0) is 10.7 Å². The molecule has 4 aromatic rings. The van der Waals surface area contributed by atoms with Crippen molar-refractivity contribution in [2.75, 3.05) is 18.1 Å². The molecule has 3 heterocycles. The van der Waals surface area contributed by atoms with Gasteiger partial charge in [-0.05, 0) is 74.9 Å².